The molecule has 3 heteroatoms. The van der Waals surface area contributed by atoms with Gasteiger partial charge in [0.05, 0.1) is 0 Å². The van der Waals surface area contributed by atoms with Gasteiger partial charge < -0.3 is 4.57 Å². The van der Waals surface area contributed by atoms with Gasteiger partial charge in [-0.15, -0.1) is 11.3 Å². The van der Waals surface area contributed by atoms with Crippen LogP contribution < -0.4 is 15.9 Å². The second-order valence-corrected chi connectivity index (χ2v) is 12.4. The van der Waals surface area contributed by atoms with Gasteiger partial charge in [0.25, 0.3) is 0 Å². The van der Waals surface area contributed by atoms with E-state index in [4.69, 9.17) is 0 Å². The van der Waals surface area contributed by atoms with Crippen molar-refractivity contribution < 1.29 is 4.57 Å². The van der Waals surface area contributed by atoms with Gasteiger partial charge in [-0.3, -0.25) is 0 Å². The summed E-state index contributed by atoms with van der Waals surface area (Å²) in [5.74, 6) is 0. The van der Waals surface area contributed by atoms with Crippen molar-refractivity contribution in [3.05, 3.63) is 139 Å². The molecule has 0 aliphatic rings. The molecular formula is C31H23OPS. The fourth-order valence-corrected chi connectivity index (χ4v) is 8.41. The summed E-state index contributed by atoms with van der Waals surface area (Å²) in [6, 6.07) is 43.5. The molecule has 6 rings (SSSR count). The Kier molecular flexibility index (Phi) is 5.41. The van der Waals surface area contributed by atoms with Crippen LogP contribution in [-0.2, 0) is 11.0 Å². The summed E-state index contributed by atoms with van der Waals surface area (Å²) in [5.41, 5.74) is 2.60. The third kappa shape index (κ3) is 3.70. The lowest BCUT2D eigenvalue weighted by Crippen LogP contribution is -2.24. The standard InChI is InChI=1S/C31H23OPS/c32-33(25-12-6-2-7-13-25,26-14-8-3-9-15-26)27-17-19-31-29(22-27)28-21-24(16-18-30(28)34-31)20-23-10-4-1-5-11-23/h1-19,21-22H,20H2. The van der Waals surface area contributed by atoms with E-state index in [9.17, 15) is 4.57 Å². The van der Waals surface area contributed by atoms with Crippen molar-refractivity contribution >= 4 is 54.6 Å². The first-order valence-corrected chi connectivity index (χ1v) is 14.0. The number of hydrogen-bond acceptors (Lipinski definition) is 2. The van der Waals surface area contributed by atoms with Crippen molar-refractivity contribution in [3.8, 4) is 0 Å². The van der Waals surface area contributed by atoms with E-state index in [1.54, 1.807) is 11.3 Å². The van der Waals surface area contributed by atoms with Gasteiger partial charge in [0.15, 0.2) is 7.14 Å². The Hall–Kier alpha value is -3.45. The fourth-order valence-electron chi connectivity index (χ4n) is 4.67. The molecule has 0 saturated carbocycles. The normalized spacial score (nSPS) is 11.8. The summed E-state index contributed by atoms with van der Waals surface area (Å²) in [5, 5.41) is 5.03. The molecule has 0 atom stereocenters. The van der Waals surface area contributed by atoms with Crippen molar-refractivity contribution in [1.82, 2.24) is 0 Å². The van der Waals surface area contributed by atoms with Crippen LogP contribution in [0.4, 0.5) is 0 Å². The van der Waals surface area contributed by atoms with Crippen molar-refractivity contribution in [3.63, 3.8) is 0 Å². The van der Waals surface area contributed by atoms with Gasteiger partial charge in [0.2, 0.25) is 0 Å². The molecule has 1 aromatic heterocycles. The van der Waals surface area contributed by atoms with Crippen molar-refractivity contribution in [1.29, 1.82) is 0 Å². The van der Waals surface area contributed by atoms with Crippen LogP contribution in [0.15, 0.2) is 127 Å². The second kappa shape index (κ2) is 8.72. The summed E-state index contributed by atoms with van der Waals surface area (Å²) >= 11 is 1.80. The van der Waals surface area contributed by atoms with Crippen LogP contribution in [0.3, 0.4) is 0 Å². The molecule has 0 N–H and O–H groups in total. The Morgan fingerprint density at radius 2 is 1.03 bits per heavy atom. The first kappa shape index (κ1) is 21.1. The molecule has 0 unspecified atom stereocenters. The summed E-state index contributed by atoms with van der Waals surface area (Å²) in [6.45, 7) is 0. The summed E-state index contributed by atoms with van der Waals surface area (Å²) in [4.78, 5) is 0. The highest BCUT2D eigenvalue weighted by molar-refractivity contribution is 7.85. The van der Waals surface area contributed by atoms with Gasteiger partial charge in [0.1, 0.15) is 0 Å². The zero-order chi connectivity index (χ0) is 23.0. The van der Waals surface area contributed by atoms with E-state index in [2.05, 4.69) is 66.7 Å². The van der Waals surface area contributed by atoms with Crippen molar-refractivity contribution in [2.24, 2.45) is 0 Å². The van der Waals surface area contributed by atoms with E-state index in [-0.39, 0.29) is 0 Å². The Morgan fingerprint density at radius 3 is 1.65 bits per heavy atom. The highest BCUT2D eigenvalue weighted by atomic mass is 32.1. The third-order valence-corrected chi connectivity index (χ3v) is 10.6. The number of hydrogen-bond donors (Lipinski definition) is 0. The minimum absolute atomic E-state index is 0.866. The number of thiophene rings is 1. The molecule has 164 valence electrons. The Bertz CT molecular complexity index is 1590. The van der Waals surface area contributed by atoms with Gasteiger partial charge in [-0.2, -0.15) is 0 Å². The maximum atomic E-state index is 14.8. The molecule has 5 aromatic carbocycles. The molecule has 0 saturated heterocycles. The van der Waals surface area contributed by atoms with Crippen LogP contribution in [0.25, 0.3) is 20.2 Å². The Balaban J connectivity index is 1.53. The Morgan fingerprint density at radius 1 is 0.500 bits per heavy atom. The third-order valence-electron chi connectivity index (χ3n) is 6.37. The van der Waals surface area contributed by atoms with E-state index < -0.39 is 7.14 Å². The number of benzene rings is 5. The highest BCUT2D eigenvalue weighted by Gasteiger charge is 2.30. The maximum Gasteiger partial charge on any atom is 0.171 e. The summed E-state index contributed by atoms with van der Waals surface area (Å²) < 4.78 is 17.3. The zero-order valence-electron chi connectivity index (χ0n) is 18.6. The molecule has 0 amide bonds. The molecule has 6 aromatic rings. The smallest absolute Gasteiger partial charge is 0.171 e. The number of rotatable bonds is 5. The fraction of sp³-hybridized carbons (Fsp3) is 0.0323. The Labute approximate surface area is 203 Å². The SMILES string of the molecule is O=P(c1ccccc1)(c1ccccc1)c1ccc2sc3ccc(Cc4ccccc4)cc3c2c1. The molecule has 0 spiro atoms. The topological polar surface area (TPSA) is 17.1 Å². The van der Waals surface area contributed by atoms with Gasteiger partial charge in [0, 0.05) is 36.1 Å². The van der Waals surface area contributed by atoms with Crippen LogP contribution in [0, 0.1) is 0 Å². The van der Waals surface area contributed by atoms with E-state index in [0.29, 0.717) is 0 Å². The molecule has 0 aliphatic carbocycles. The molecule has 34 heavy (non-hydrogen) atoms. The van der Waals surface area contributed by atoms with Crippen molar-refractivity contribution in [2.75, 3.05) is 0 Å². The largest absolute Gasteiger partial charge is 0.309 e. The maximum absolute atomic E-state index is 14.8. The molecular weight excluding hydrogens is 451 g/mol. The van der Waals surface area contributed by atoms with Crippen molar-refractivity contribution in [2.45, 2.75) is 6.42 Å². The summed E-state index contributed by atoms with van der Waals surface area (Å²) in [6.07, 6.45) is 0.903. The average Bonchev–Trinajstić information content (AvgIpc) is 3.27. The first-order chi connectivity index (χ1) is 16.7. The highest BCUT2D eigenvalue weighted by Crippen LogP contribution is 2.44. The molecule has 1 heterocycles. The monoisotopic (exact) mass is 474 g/mol. The van der Waals surface area contributed by atoms with E-state index in [0.717, 1.165) is 22.3 Å². The second-order valence-electron chi connectivity index (χ2n) is 8.56. The number of fused-ring (bicyclic) bond motifs is 3. The quantitative estimate of drug-likeness (QED) is 0.240. The lowest BCUT2D eigenvalue weighted by molar-refractivity contribution is 0.592. The molecule has 0 fully saturated rings. The van der Waals surface area contributed by atoms with Crippen LogP contribution in [0.1, 0.15) is 11.1 Å². The summed E-state index contributed by atoms with van der Waals surface area (Å²) in [7, 11) is -3.00. The van der Waals surface area contributed by atoms with Crippen LogP contribution >= 0.6 is 18.5 Å². The van der Waals surface area contributed by atoms with E-state index >= 15 is 0 Å². The predicted molar refractivity (Wildman–Crippen MR) is 148 cm³/mol. The lowest BCUT2D eigenvalue weighted by Gasteiger charge is -2.20. The predicted octanol–water partition coefficient (Wildman–Crippen LogP) is 7.28. The van der Waals surface area contributed by atoms with E-state index in [1.165, 1.54) is 31.3 Å². The first-order valence-electron chi connectivity index (χ1n) is 11.4. The average molecular weight is 475 g/mol. The van der Waals surface area contributed by atoms with Crippen LogP contribution in [0.5, 0.6) is 0 Å². The van der Waals surface area contributed by atoms with Gasteiger partial charge in [-0.05, 0) is 47.9 Å². The minimum Gasteiger partial charge on any atom is -0.309 e. The van der Waals surface area contributed by atoms with Gasteiger partial charge >= 0.3 is 0 Å². The molecule has 0 bridgehead atoms. The molecule has 0 radical (unpaired) electrons. The van der Waals surface area contributed by atoms with E-state index in [1.807, 2.05) is 60.7 Å². The van der Waals surface area contributed by atoms with Crippen LogP contribution in [-0.4, -0.2) is 0 Å². The molecule has 0 aliphatic heterocycles. The van der Waals surface area contributed by atoms with Gasteiger partial charge in [-0.25, -0.2) is 0 Å². The molecule has 1 nitrogen and oxygen atoms in total. The lowest BCUT2D eigenvalue weighted by atomic mass is 10.0. The zero-order valence-corrected chi connectivity index (χ0v) is 20.3. The van der Waals surface area contributed by atoms with Gasteiger partial charge in [-0.1, -0.05) is 97.1 Å². The van der Waals surface area contributed by atoms with Crippen LogP contribution in [0.2, 0.25) is 0 Å². The minimum atomic E-state index is -3.00.